The van der Waals surface area contributed by atoms with Crippen LogP contribution in [0.3, 0.4) is 0 Å². The normalized spacial score (nSPS) is 18.3. The minimum absolute atomic E-state index is 0.0135. The van der Waals surface area contributed by atoms with Gasteiger partial charge in [0.25, 0.3) is 0 Å². The van der Waals surface area contributed by atoms with Crippen LogP contribution >= 0.6 is 0 Å². The highest BCUT2D eigenvalue weighted by Gasteiger charge is 2.46. The van der Waals surface area contributed by atoms with Crippen molar-refractivity contribution in [3.8, 4) is 28.4 Å². The summed E-state index contributed by atoms with van der Waals surface area (Å²) in [4.78, 5) is 21.5. The summed E-state index contributed by atoms with van der Waals surface area (Å²) in [6.07, 6.45) is -9.11. The molecular formula is C33H33F6N7O4. The third-order valence-corrected chi connectivity index (χ3v) is 9.07. The molecule has 0 radical (unpaired) electrons. The number of aromatic nitrogens is 4. The van der Waals surface area contributed by atoms with Crippen molar-refractivity contribution < 1.29 is 45.7 Å². The number of anilines is 2. The van der Waals surface area contributed by atoms with Crippen LogP contribution in [0.1, 0.15) is 42.2 Å². The van der Waals surface area contributed by atoms with Crippen LogP contribution in [0, 0.1) is 19.3 Å². The zero-order valence-corrected chi connectivity index (χ0v) is 26.8. The first kappa shape index (κ1) is 34.8. The molecule has 0 aliphatic carbocycles. The van der Waals surface area contributed by atoms with E-state index in [1.807, 2.05) is 4.90 Å². The number of hydrogen-bond acceptors (Lipinski definition) is 9. The van der Waals surface area contributed by atoms with Gasteiger partial charge in [-0.2, -0.15) is 28.2 Å². The lowest BCUT2D eigenvalue weighted by atomic mass is 9.76. The van der Waals surface area contributed by atoms with Crippen molar-refractivity contribution in [3.05, 3.63) is 71.5 Å². The Hall–Kier alpha value is -5.06. The lowest BCUT2D eigenvalue weighted by Gasteiger charge is -2.39. The number of piperidine rings is 1. The fourth-order valence-electron chi connectivity index (χ4n) is 6.52. The van der Waals surface area contributed by atoms with E-state index in [4.69, 9.17) is 10.5 Å². The summed E-state index contributed by atoms with van der Waals surface area (Å²) >= 11 is 0. The van der Waals surface area contributed by atoms with E-state index in [-0.39, 0.29) is 34.0 Å². The fraction of sp³-hybridized carbons (Fsp3) is 0.394. The number of nitrogens with zero attached hydrogens (tertiary/aromatic N) is 5. The summed E-state index contributed by atoms with van der Waals surface area (Å²) in [6.45, 7) is 4.59. The largest absolute Gasteiger partial charge is 0.573 e. The number of nitrogens with one attached hydrogen (secondary N) is 1. The van der Waals surface area contributed by atoms with Gasteiger partial charge in [-0.25, -0.2) is 4.68 Å². The third kappa shape index (κ3) is 7.56. The number of alkyl halides is 6. The summed E-state index contributed by atoms with van der Waals surface area (Å²) in [7, 11) is 0. The van der Waals surface area contributed by atoms with Crippen LogP contribution < -0.4 is 25.4 Å². The van der Waals surface area contributed by atoms with Gasteiger partial charge in [0, 0.05) is 37.5 Å². The number of hydrogen-bond donors (Lipinski definition) is 3. The molecule has 17 heteroatoms. The minimum atomic E-state index is -4.95. The highest BCUT2D eigenvalue weighted by molar-refractivity contribution is 5.74. The highest BCUT2D eigenvalue weighted by atomic mass is 19.4. The Bertz CT molecular complexity index is 1890. The van der Waals surface area contributed by atoms with Gasteiger partial charge in [0.1, 0.15) is 17.6 Å². The molecule has 2 aromatic carbocycles. The van der Waals surface area contributed by atoms with Gasteiger partial charge in [-0.15, -0.1) is 13.2 Å². The van der Waals surface area contributed by atoms with Gasteiger partial charge < -0.3 is 30.5 Å². The zero-order chi connectivity index (χ0) is 36.0. The van der Waals surface area contributed by atoms with Crippen molar-refractivity contribution >= 4 is 17.7 Å². The Balaban J connectivity index is 1.30. The smallest absolute Gasteiger partial charge is 0.480 e. The Labute approximate surface area is 282 Å². The Kier molecular flexibility index (Phi) is 9.05. The molecule has 4 heterocycles. The van der Waals surface area contributed by atoms with E-state index >= 15 is 0 Å². The number of ether oxygens (including phenoxy) is 2. The second-order valence-electron chi connectivity index (χ2n) is 12.6. The molecule has 4 N–H and O–H groups in total. The monoisotopic (exact) mass is 705 g/mol. The molecule has 2 aliphatic heterocycles. The molecule has 6 rings (SSSR count). The molecule has 2 atom stereocenters. The molecule has 2 fully saturated rings. The lowest BCUT2D eigenvalue weighted by Crippen LogP contribution is -2.41. The maximum Gasteiger partial charge on any atom is 0.573 e. The van der Waals surface area contributed by atoms with Crippen LogP contribution in [0.25, 0.3) is 16.8 Å². The highest BCUT2D eigenvalue weighted by Crippen LogP contribution is 2.43. The first-order valence-corrected chi connectivity index (χ1v) is 15.6. The van der Waals surface area contributed by atoms with Crippen LogP contribution in [0.2, 0.25) is 0 Å². The summed E-state index contributed by atoms with van der Waals surface area (Å²) in [5.74, 6) is -1.74. The number of aliphatic carboxylic acids is 1. The van der Waals surface area contributed by atoms with Crippen molar-refractivity contribution in [2.75, 3.05) is 30.3 Å². The summed E-state index contributed by atoms with van der Waals surface area (Å²) in [6, 6.07) is 10.3. The van der Waals surface area contributed by atoms with Gasteiger partial charge in [-0.3, -0.25) is 4.79 Å². The van der Waals surface area contributed by atoms with Gasteiger partial charge in [-0.05, 0) is 79.5 Å². The first-order valence-electron chi connectivity index (χ1n) is 15.6. The average Bonchev–Trinajstić information content (AvgIpc) is 3.66. The van der Waals surface area contributed by atoms with E-state index in [9.17, 15) is 36.2 Å². The maximum absolute atomic E-state index is 14.9. The Morgan fingerprint density at radius 1 is 1.02 bits per heavy atom. The number of rotatable bonds is 8. The topological polar surface area (TPSA) is 141 Å². The second-order valence-corrected chi connectivity index (χ2v) is 12.6. The molecule has 0 amide bonds. The molecule has 2 aromatic heterocycles. The second kappa shape index (κ2) is 13.0. The van der Waals surface area contributed by atoms with Crippen LogP contribution in [0.15, 0.2) is 54.7 Å². The maximum atomic E-state index is 14.9. The summed E-state index contributed by atoms with van der Waals surface area (Å²) in [5.41, 5.74) is 6.99. The number of halogens is 6. The number of nitrogen functional groups attached to an aromatic ring is 1. The molecular weight excluding hydrogens is 672 g/mol. The zero-order valence-electron chi connectivity index (χ0n) is 26.8. The molecule has 4 aromatic rings. The number of aryl methyl sites for hydroxylation is 2. The van der Waals surface area contributed by atoms with Gasteiger partial charge in [0.2, 0.25) is 17.9 Å². The summed E-state index contributed by atoms with van der Waals surface area (Å²) in [5, 5.41) is 16.7. The molecule has 266 valence electrons. The molecule has 2 aliphatic rings. The van der Waals surface area contributed by atoms with Crippen LogP contribution in [-0.2, 0) is 4.79 Å². The standard InChI is InChI=1S/C33H33F6N7O4/c1-18-13-20(4-6-25(18)50-33(37,38)39)21-3-5-22(24(14-21)46-10-7-19(2)44-46)28(32(34,35)36)49-27-15-26(42-30(40)43-27)45-11-8-31(9-12-45)16-23(29(47)48)41-17-31/h3-7,10,13-15,23,28,41H,8-9,11-12,16-17H2,1-2H3,(H,47,48)(H2,40,42,43)/t23-,28?/m0/s1. The number of carbonyl (C=O) groups is 1. The third-order valence-electron chi connectivity index (χ3n) is 9.07. The van der Waals surface area contributed by atoms with Crippen molar-refractivity contribution in [1.29, 1.82) is 0 Å². The molecule has 50 heavy (non-hydrogen) atoms. The van der Waals surface area contributed by atoms with Crippen molar-refractivity contribution in [2.45, 2.75) is 57.8 Å². The predicted molar refractivity (Wildman–Crippen MR) is 169 cm³/mol. The SMILES string of the molecule is Cc1ccn(-c2cc(-c3ccc(OC(F)(F)F)c(C)c3)ccc2C(Oc2cc(N3CCC4(CC3)CN[C@H](C(=O)O)C4)nc(N)n2)C(F)(F)F)n1. The van der Waals surface area contributed by atoms with E-state index in [0.717, 1.165) is 6.07 Å². The predicted octanol–water partition coefficient (Wildman–Crippen LogP) is 6.14. The molecule has 11 nitrogen and oxygen atoms in total. The van der Waals surface area contributed by atoms with E-state index in [2.05, 4.69) is 25.1 Å². The lowest BCUT2D eigenvalue weighted by molar-refractivity contribution is -0.274. The quantitative estimate of drug-likeness (QED) is 0.183. The van der Waals surface area contributed by atoms with Crippen molar-refractivity contribution in [3.63, 3.8) is 0 Å². The van der Waals surface area contributed by atoms with Gasteiger partial charge in [-0.1, -0.05) is 18.2 Å². The molecule has 1 spiro atoms. The Morgan fingerprint density at radius 2 is 1.72 bits per heavy atom. The number of nitrogens with two attached hydrogens (primary N) is 1. The van der Waals surface area contributed by atoms with Crippen molar-refractivity contribution in [2.24, 2.45) is 5.41 Å². The molecule has 0 bridgehead atoms. The van der Waals surface area contributed by atoms with E-state index < -0.39 is 42.3 Å². The Morgan fingerprint density at radius 3 is 2.32 bits per heavy atom. The first-order chi connectivity index (χ1) is 23.5. The summed E-state index contributed by atoms with van der Waals surface area (Å²) < 4.78 is 94.0. The minimum Gasteiger partial charge on any atom is -0.480 e. The fourth-order valence-corrected chi connectivity index (χ4v) is 6.52. The van der Waals surface area contributed by atoms with Gasteiger partial charge >= 0.3 is 18.5 Å². The van der Waals surface area contributed by atoms with Crippen LogP contribution in [-0.4, -0.2) is 69.0 Å². The number of carboxylic acids is 1. The van der Waals surface area contributed by atoms with E-state index in [1.165, 1.54) is 54.2 Å². The van der Waals surface area contributed by atoms with Crippen molar-refractivity contribution in [1.82, 2.24) is 25.1 Å². The number of carboxylic acid groups (broad SMARTS) is 1. The van der Waals surface area contributed by atoms with Gasteiger partial charge in [0.05, 0.1) is 11.4 Å². The van der Waals surface area contributed by atoms with E-state index in [1.54, 1.807) is 13.0 Å². The molecule has 1 unspecified atom stereocenters. The van der Waals surface area contributed by atoms with Crippen LogP contribution in [0.4, 0.5) is 38.1 Å². The van der Waals surface area contributed by atoms with Crippen LogP contribution in [0.5, 0.6) is 11.6 Å². The molecule has 0 saturated carbocycles. The van der Waals surface area contributed by atoms with Gasteiger partial charge in [0.15, 0.2) is 0 Å². The number of benzene rings is 2. The van der Waals surface area contributed by atoms with E-state index in [0.29, 0.717) is 55.7 Å². The molecule has 2 saturated heterocycles. The average molecular weight is 706 g/mol.